The monoisotopic (exact) mass is 318 g/mol. The Labute approximate surface area is 139 Å². The van der Waals surface area contributed by atoms with Crippen LogP contribution in [0.3, 0.4) is 0 Å². The summed E-state index contributed by atoms with van der Waals surface area (Å²) in [6, 6.07) is 10.0. The molecule has 1 fully saturated rings. The van der Waals surface area contributed by atoms with Gasteiger partial charge in [-0.15, -0.1) is 0 Å². The predicted molar refractivity (Wildman–Crippen MR) is 93.2 cm³/mol. The van der Waals surface area contributed by atoms with Gasteiger partial charge in [0.15, 0.2) is 0 Å². The van der Waals surface area contributed by atoms with Gasteiger partial charge in [0.1, 0.15) is 0 Å². The number of hydrogen-bond donors (Lipinski definition) is 2. The highest BCUT2D eigenvalue weighted by molar-refractivity contribution is 5.82. The largest absolute Gasteiger partial charge is 0.381 e. The lowest BCUT2D eigenvalue weighted by molar-refractivity contribution is -0.124. The molecular formula is C19H30N2O2. The van der Waals surface area contributed by atoms with Crippen LogP contribution in [0.1, 0.15) is 45.1 Å². The molecular weight excluding hydrogens is 288 g/mol. The van der Waals surface area contributed by atoms with Gasteiger partial charge in [-0.25, -0.2) is 0 Å². The van der Waals surface area contributed by atoms with E-state index in [1.165, 1.54) is 5.56 Å². The summed E-state index contributed by atoms with van der Waals surface area (Å²) in [5.41, 5.74) is 7.44. The van der Waals surface area contributed by atoms with E-state index in [2.05, 4.69) is 43.4 Å². The lowest BCUT2D eigenvalue weighted by atomic mass is 9.75. The quantitative estimate of drug-likeness (QED) is 0.812. The van der Waals surface area contributed by atoms with Gasteiger partial charge in [-0.1, -0.05) is 44.2 Å². The van der Waals surface area contributed by atoms with Gasteiger partial charge in [0, 0.05) is 25.2 Å². The molecule has 1 atom stereocenters. The van der Waals surface area contributed by atoms with Crippen LogP contribution >= 0.6 is 0 Å². The number of benzene rings is 1. The summed E-state index contributed by atoms with van der Waals surface area (Å²) >= 11 is 0. The highest BCUT2D eigenvalue weighted by Crippen LogP contribution is 2.31. The summed E-state index contributed by atoms with van der Waals surface area (Å²) in [5.74, 6) is 0.206. The van der Waals surface area contributed by atoms with Crippen molar-refractivity contribution in [1.82, 2.24) is 5.32 Å². The van der Waals surface area contributed by atoms with E-state index < -0.39 is 6.04 Å². The molecule has 4 heteroatoms. The van der Waals surface area contributed by atoms with E-state index in [1.54, 1.807) is 0 Å². The zero-order valence-corrected chi connectivity index (χ0v) is 14.4. The molecule has 1 aromatic carbocycles. The molecule has 0 saturated carbocycles. The molecule has 4 nitrogen and oxygen atoms in total. The minimum atomic E-state index is -0.430. The average molecular weight is 318 g/mol. The van der Waals surface area contributed by atoms with Crippen molar-refractivity contribution in [2.45, 2.75) is 51.0 Å². The Kier molecular flexibility index (Phi) is 6.60. The fraction of sp³-hybridized carbons (Fsp3) is 0.632. The third-order valence-corrected chi connectivity index (χ3v) is 5.42. The molecule has 0 spiro atoms. The average Bonchev–Trinajstić information content (AvgIpc) is 2.63. The first kappa shape index (κ1) is 18.0. The van der Waals surface area contributed by atoms with Crippen LogP contribution in [0.4, 0.5) is 0 Å². The molecule has 0 aromatic heterocycles. The summed E-state index contributed by atoms with van der Waals surface area (Å²) in [7, 11) is 0. The second-order valence-corrected chi connectivity index (χ2v) is 6.55. The molecule has 3 N–H and O–H groups in total. The van der Waals surface area contributed by atoms with Crippen LogP contribution in [-0.2, 0) is 14.9 Å². The molecule has 1 unspecified atom stereocenters. The highest BCUT2D eigenvalue weighted by atomic mass is 16.5. The van der Waals surface area contributed by atoms with E-state index in [1.807, 2.05) is 6.07 Å². The lowest BCUT2D eigenvalue weighted by Crippen LogP contribution is -2.50. The van der Waals surface area contributed by atoms with Crippen LogP contribution in [-0.4, -0.2) is 31.7 Å². The smallest absolute Gasteiger partial charge is 0.237 e. The molecule has 1 saturated heterocycles. The Morgan fingerprint density at radius 1 is 1.26 bits per heavy atom. The Balaban J connectivity index is 1.99. The van der Waals surface area contributed by atoms with Crippen LogP contribution in [0, 0.1) is 5.92 Å². The van der Waals surface area contributed by atoms with Gasteiger partial charge in [-0.3, -0.25) is 4.79 Å². The Bertz CT molecular complexity index is 479. The van der Waals surface area contributed by atoms with Crippen molar-refractivity contribution in [2.75, 3.05) is 19.8 Å². The zero-order valence-electron chi connectivity index (χ0n) is 14.4. The van der Waals surface area contributed by atoms with Crippen molar-refractivity contribution in [1.29, 1.82) is 0 Å². The topological polar surface area (TPSA) is 64.4 Å². The number of carbonyl (C=O) groups excluding carboxylic acids is 1. The van der Waals surface area contributed by atoms with Crippen LogP contribution in [0.2, 0.25) is 0 Å². The maximum Gasteiger partial charge on any atom is 0.237 e. The van der Waals surface area contributed by atoms with Gasteiger partial charge in [0.05, 0.1) is 6.04 Å². The van der Waals surface area contributed by atoms with E-state index in [4.69, 9.17) is 10.5 Å². The Morgan fingerprint density at radius 2 is 1.87 bits per heavy atom. The van der Waals surface area contributed by atoms with Crippen LogP contribution < -0.4 is 11.1 Å². The number of ether oxygens (including phenoxy) is 1. The summed E-state index contributed by atoms with van der Waals surface area (Å²) in [6.07, 6.45) is 3.72. The second kappa shape index (κ2) is 8.46. The number of amides is 1. The zero-order chi connectivity index (χ0) is 16.7. The molecule has 0 radical (unpaired) electrons. The first-order valence-corrected chi connectivity index (χ1v) is 8.79. The number of rotatable bonds is 7. The molecule has 1 aliphatic rings. The van der Waals surface area contributed by atoms with Crippen LogP contribution in [0.15, 0.2) is 30.3 Å². The molecule has 2 rings (SSSR count). The van der Waals surface area contributed by atoms with E-state index >= 15 is 0 Å². The molecule has 0 bridgehead atoms. The van der Waals surface area contributed by atoms with Gasteiger partial charge < -0.3 is 15.8 Å². The number of hydrogen-bond acceptors (Lipinski definition) is 3. The summed E-state index contributed by atoms with van der Waals surface area (Å²) in [5, 5.41) is 3.12. The first-order valence-electron chi connectivity index (χ1n) is 8.79. The van der Waals surface area contributed by atoms with Crippen molar-refractivity contribution < 1.29 is 9.53 Å². The number of carbonyl (C=O) groups is 1. The number of nitrogens with one attached hydrogen (secondary N) is 1. The molecule has 1 aromatic rings. The van der Waals surface area contributed by atoms with Gasteiger partial charge in [-0.2, -0.15) is 0 Å². The van der Waals surface area contributed by atoms with Crippen molar-refractivity contribution in [3.8, 4) is 0 Å². The third-order valence-electron chi connectivity index (χ3n) is 5.42. The standard InChI is InChI=1S/C19H30N2O2/c1-3-19(4-2,16-8-6-5-7-9-16)14-21-18(22)17(20)15-10-12-23-13-11-15/h5-9,15,17H,3-4,10-14,20H2,1-2H3,(H,21,22). The second-order valence-electron chi connectivity index (χ2n) is 6.55. The van der Waals surface area contributed by atoms with E-state index in [9.17, 15) is 4.79 Å². The summed E-state index contributed by atoms with van der Waals surface area (Å²) in [6.45, 7) is 6.43. The predicted octanol–water partition coefficient (Wildman–Crippen LogP) is 2.61. The van der Waals surface area contributed by atoms with E-state index in [0.717, 1.165) is 25.7 Å². The molecule has 128 valence electrons. The van der Waals surface area contributed by atoms with Crippen molar-refractivity contribution in [3.05, 3.63) is 35.9 Å². The van der Waals surface area contributed by atoms with Gasteiger partial charge >= 0.3 is 0 Å². The minimum Gasteiger partial charge on any atom is -0.381 e. The van der Waals surface area contributed by atoms with Crippen molar-refractivity contribution in [2.24, 2.45) is 11.7 Å². The Morgan fingerprint density at radius 3 is 2.43 bits per heavy atom. The molecule has 1 amide bonds. The molecule has 1 heterocycles. The normalized spacial score (nSPS) is 17.7. The maximum atomic E-state index is 12.5. The molecule has 0 aliphatic carbocycles. The maximum absolute atomic E-state index is 12.5. The Hall–Kier alpha value is -1.39. The van der Waals surface area contributed by atoms with Gasteiger partial charge in [0.25, 0.3) is 0 Å². The third kappa shape index (κ3) is 4.33. The number of nitrogens with two attached hydrogens (primary N) is 1. The molecule has 23 heavy (non-hydrogen) atoms. The summed E-state index contributed by atoms with van der Waals surface area (Å²) < 4.78 is 5.35. The van der Waals surface area contributed by atoms with E-state index in [-0.39, 0.29) is 17.2 Å². The molecule has 1 aliphatic heterocycles. The highest BCUT2D eigenvalue weighted by Gasteiger charge is 2.31. The fourth-order valence-electron chi connectivity index (χ4n) is 3.47. The van der Waals surface area contributed by atoms with Gasteiger partial charge in [0.2, 0.25) is 5.91 Å². The SMILES string of the molecule is CCC(CC)(CNC(=O)C(N)C1CCOCC1)c1ccccc1. The minimum absolute atomic E-state index is 0.0215. The van der Waals surface area contributed by atoms with Gasteiger partial charge in [-0.05, 0) is 37.2 Å². The first-order chi connectivity index (χ1) is 11.1. The fourth-order valence-corrected chi connectivity index (χ4v) is 3.47. The summed E-state index contributed by atoms with van der Waals surface area (Å²) in [4.78, 5) is 12.5. The van der Waals surface area contributed by atoms with Crippen LogP contribution in [0.25, 0.3) is 0 Å². The van der Waals surface area contributed by atoms with Crippen molar-refractivity contribution in [3.63, 3.8) is 0 Å². The van der Waals surface area contributed by atoms with E-state index in [0.29, 0.717) is 19.8 Å². The lowest BCUT2D eigenvalue weighted by Gasteiger charge is -2.34. The van der Waals surface area contributed by atoms with Crippen molar-refractivity contribution >= 4 is 5.91 Å². The van der Waals surface area contributed by atoms with Crippen LogP contribution in [0.5, 0.6) is 0 Å².